The Bertz CT molecular complexity index is 433. The number of rotatable bonds is 8. The van der Waals surface area contributed by atoms with Gasteiger partial charge in [0.15, 0.2) is 5.96 Å². The molecule has 2 saturated heterocycles. The maximum atomic E-state index is 12.4. The molecule has 2 aliphatic rings. The third-order valence-corrected chi connectivity index (χ3v) is 5.09. The van der Waals surface area contributed by atoms with Crippen molar-refractivity contribution in [2.75, 3.05) is 72.1 Å². The number of nitrogens with zero attached hydrogens (tertiary/aromatic N) is 3. The maximum Gasteiger partial charge on any atom is 0.401 e. The van der Waals surface area contributed by atoms with Crippen LogP contribution < -0.4 is 10.6 Å². The zero-order valence-electron chi connectivity index (χ0n) is 16.4. The van der Waals surface area contributed by atoms with Crippen molar-refractivity contribution in [2.45, 2.75) is 32.4 Å². The first-order chi connectivity index (χ1) is 13.0. The van der Waals surface area contributed by atoms with Crippen LogP contribution >= 0.6 is 0 Å². The van der Waals surface area contributed by atoms with Gasteiger partial charge in [0, 0.05) is 39.3 Å². The zero-order valence-corrected chi connectivity index (χ0v) is 16.4. The van der Waals surface area contributed by atoms with Gasteiger partial charge < -0.3 is 15.4 Å². The largest absolute Gasteiger partial charge is 0.401 e. The van der Waals surface area contributed by atoms with Crippen LogP contribution in [-0.2, 0) is 4.74 Å². The fourth-order valence-corrected chi connectivity index (χ4v) is 3.54. The summed E-state index contributed by atoms with van der Waals surface area (Å²) in [5.41, 5.74) is 0. The Morgan fingerprint density at radius 2 is 1.78 bits per heavy atom. The van der Waals surface area contributed by atoms with E-state index in [0.717, 1.165) is 71.2 Å². The smallest absolute Gasteiger partial charge is 0.379 e. The quantitative estimate of drug-likeness (QED) is 0.484. The van der Waals surface area contributed by atoms with Gasteiger partial charge in [0.2, 0.25) is 0 Å². The number of likely N-dealkylation sites (tertiary alicyclic amines) is 1. The summed E-state index contributed by atoms with van der Waals surface area (Å²) in [5.74, 6) is 1.29. The van der Waals surface area contributed by atoms with Crippen LogP contribution in [0.3, 0.4) is 0 Å². The molecule has 9 heteroatoms. The average Bonchev–Trinajstić information content (AvgIpc) is 2.63. The summed E-state index contributed by atoms with van der Waals surface area (Å²) in [6.07, 6.45) is -1.51. The zero-order chi connectivity index (χ0) is 19.5. The molecule has 0 aromatic carbocycles. The molecule has 0 aromatic rings. The molecule has 0 aromatic heterocycles. The van der Waals surface area contributed by atoms with Crippen molar-refractivity contribution < 1.29 is 17.9 Å². The van der Waals surface area contributed by atoms with Gasteiger partial charge in [0.05, 0.1) is 19.8 Å². The lowest BCUT2D eigenvalue weighted by molar-refractivity contribution is -0.148. The van der Waals surface area contributed by atoms with E-state index >= 15 is 0 Å². The van der Waals surface area contributed by atoms with E-state index in [1.54, 1.807) is 0 Å². The molecule has 2 heterocycles. The van der Waals surface area contributed by atoms with E-state index in [1.165, 1.54) is 4.90 Å². The standard InChI is InChI=1S/C18H34F3N5O/c1-2-22-17(24-7-10-25-11-13-27-14-12-25)23-6-3-16-4-8-26(9-5-16)15-18(19,20)21/h16H,2-15H2,1H3,(H2,22,23,24). The van der Waals surface area contributed by atoms with Gasteiger partial charge in [-0.25, -0.2) is 0 Å². The van der Waals surface area contributed by atoms with Crippen LogP contribution in [0.25, 0.3) is 0 Å². The fourth-order valence-electron chi connectivity index (χ4n) is 3.54. The number of morpholine rings is 1. The van der Waals surface area contributed by atoms with Gasteiger partial charge >= 0.3 is 6.18 Å². The number of ether oxygens (including phenoxy) is 1. The molecule has 2 N–H and O–H groups in total. The molecule has 0 saturated carbocycles. The third kappa shape index (κ3) is 9.62. The van der Waals surface area contributed by atoms with E-state index in [0.29, 0.717) is 25.6 Å². The van der Waals surface area contributed by atoms with Crippen molar-refractivity contribution >= 4 is 5.96 Å². The minimum Gasteiger partial charge on any atom is -0.379 e. The highest BCUT2D eigenvalue weighted by atomic mass is 19.4. The average molecular weight is 393 g/mol. The van der Waals surface area contributed by atoms with Crippen LogP contribution in [0.1, 0.15) is 26.2 Å². The normalized spacial score (nSPS) is 21.4. The minimum atomic E-state index is -4.09. The monoisotopic (exact) mass is 393 g/mol. The first-order valence-electron chi connectivity index (χ1n) is 10.1. The number of hydrogen-bond acceptors (Lipinski definition) is 4. The molecule has 0 unspecified atom stereocenters. The second-order valence-corrected chi connectivity index (χ2v) is 7.26. The maximum absolute atomic E-state index is 12.4. The highest BCUT2D eigenvalue weighted by Crippen LogP contribution is 2.24. The molecule has 0 amide bonds. The number of aliphatic imine (C=N–C) groups is 1. The van der Waals surface area contributed by atoms with E-state index in [2.05, 4.69) is 20.5 Å². The van der Waals surface area contributed by atoms with Crippen LogP contribution in [0.5, 0.6) is 0 Å². The molecule has 158 valence electrons. The van der Waals surface area contributed by atoms with Crippen molar-refractivity contribution in [3.63, 3.8) is 0 Å². The van der Waals surface area contributed by atoms with E-state index in [1.807, 2.05) is 6.92 Å². The molecule has 27 heavy (non-hydrogen) atoms. The van der Waals surface area contributed by atoms with Gasteiger partial charge in [-0.15, -0.1) is 0 Å². The number of hydrogen-bond donors (Lipinski definition) is 2. The van der Waals surface area contributed by atoms with Crippen molar-refractivity contribution in [3.8, 4) is 0 Å². The summed E-state index contributed by atoms with van der Waals surface area (Å²) in [5, 5.41) is 6.62. The third-order valence-electron chi connectivity index (χ3n) is 5.09. The second kappa shape index (κ2) is 11.7. The highest BCUT2D eigenvalue weighted by Gasteiger charge is 2.32. The van der Waals surface area contributed by atoms with Gasteiger partial charge in [-0.3, -0.25) is 14.8 Å². The lowest BCUT2D eigenvalue weighted by atomic mass is 9.93. The van der Waals surface area contributed by atoms with Gasteiger partial charge in [0.1, 0.15) is 0 Å². The predicted molar refractivity (Wildman–Crippen MR) is 101 cm³/mol. The molecule has 2 aliphatic heterocycles. The molecule has 2 fully saturated rings. The molecule has 0 spiro atoms. The molecule has 0 radical (unpaired) electrons. The summed E-state index contributed by atoms with van der Waals surface area (Å²) in [6.45, 7) is 9.18. The van der Waals surface area contributed by atoms with Crippen molar-refractivity contribution in [1.82, 2.24) is 20.4 Å². The Hall–Kier alpha value is -1.06. The second-order valence-electron chi connectivity index (χ2n) is 7.26. The van der Waals surface area contributed by atoms with Crippen LogP contribution in [-0.4, -0.2) is 94.1 Å². The Kier molecular flexibility index (Phi) is 9.64. The number of nitrogens with one attached hydrogen (secondary N) is 2. The first kappa shape index (κ1) is 22.2. The van der Waals surface area contributed by atoms with E-state index in [9.17, 15) is 13.2 Å². The summed E-state index contributed by atoms with van der Waals surface area (Å²) in [4.78, 5) is 8.51. The lowest BCUT2D eigenvalue weighted by Crippen LogP contribution is -2.44. The summed E-state index contributed by atoms with van der Waals surface area (Å²) in [6, 6.07) is 0. The Morgan fingerprint density at radius 1 is 1.07 bits per heavy atom. The predicted octanol–water partition coefficient (Wildman–Crippen LogP) is 1.54. The summed E-state index contributed by atoms with van der Waals surface area (Å²) in [7, 11) is 0. The van der Waals surface area contributed by atoms with Crippen LogP contribution in [0.2, 0.25) is 0 Å². The Morgan fingerprint density at radius 3 is 2.41 bits per heavy atom. The molecule has 6 nitrogen and oxygen atoms in total. The SMILES string of the molecule is CCNC(=NCCC1CCN(CC(F)(F)F)CC1)NCCN1CCOCC1. The van der Waals surface area contributed by atoms with E-state index in [-0.39, 0.29) is 0 Å². The minimum absolute atomic E-state index is 0.467. The molecule has 0 aliphatic carbocycles. The number of alkyl halides is 3. The molecular weight excluding hydrogens is 359 g/mol. The molecular formula is C18H34F3N5O. The van der Waals surface area contributed by atoms with Gasteiger partial charge in [-0.05, 0) is 45.2 Å². The number of guanidine groups is 1. The van der Waals surface area contributed by atoms with Gasteiger partial charge in [0.25, 0.3) is 0 Å². The van der Waals surface area contributed by atoms with Crippen LogP contribution in [0.15, 0.2) is 4.99 Å². The summed E-state index contributed by atoms with van der Waals surface area (Å²) < 4.78 is 42.7. The van der Waals surface area contributed by atoms with E-state index in [4.69, 9.17) is 4.74 Å². The fraction of sp³-hybridized carbons (Fsp3) is 0.944. The molecule has 0 bridgehead atoms. The van der Waals surface area contributed by atoms with E-state index < -0.39 is 12.7 Å². The van der Waals surface area contributed by atoms with Crippen molar-refractivity contribution in [3.05, 3.63) is 0 Å². The highest BCUT2D eigenvalue weighted by molar-refractivity contribution is 5.79. The van der Waals surface area contributed by atoms with Gasteiger partial charge in [-0.2, -0.15) is 13.2 Å². The van der Waals surface area contributed by atoms with Crippen molar-refractivity contribution in [1.29, 1.82) is 0 Å². The van der Waals surface area contributed by atoms with Crippen LogP contribution in [0, 0.1) is 5.92 Å². The van der Waals surface area contributed by atoms with Gasteiger partial charge in [-0.1, -0.05) is 0 Å². The first-order valence-corrected chi connectivity index (χ1v) is 10.1. The van der Waals surface area contributed by atoms with Crippen LogP contribution in [0.4, 0.5) is 13.2 Å². The number of piperidine rings is 1. The van der Waals surface area contributed by atoms with Crippen molar-refractivity contribution in [2.24, 2.45) is 10.9 Å². The Labute approximate surface area is 160 Å². The summed E-state index contributed by atoms with van der Waals surface area (Å²) >= 11 is 0. The molecule has 2 rings (SSSR count). The Balaban J connectivity index is 1.63. The topological polar surface area (TPSA) is 52.1 Å². The number of halogens is 3. The molecule has 0 atom stereocenters. The lowest BCUT2D eigenvalue weighted by Gasteiger charge is -2.32.